The van der Waals surface area contributed by atoms with Crippen molar-refractivity contribution in [2.75, 3.05) is 38.2 Å². The van der Waals surface area contributed by atoms with E-state index in [9.17, 15) is 10.1 Å². The molecule has 0 aromatic carbocycles. The minimum absolute atomic E-state index is 0.172. The van der Waals surface area contributed by atoms with Crippen LogP contribution in [-0.4, -0.2) is 58.7 Å². The van der Waals surface area contributed by atoms with Gasteiger partial charge in [0.15, 0.2) is 0 Å². The number of amides is 1. The second kappa shape index (κ2) is 9.90. The van der Waals surface area contributed by atoms with Gasteiger partial charge >= 0.3 is 0 Å². The molecule has 0 saturated carbocycles. The minimum Gasteiger partial charge on any atom is -0.492 e. The Hall–Kier alpha value is -3.60. The zero-order chi connectivity index (χ0) is 23.4. The second-order valence-corrected chi connectivity index (χ2v) is 8.57. The number of ether oxygens (including phenoxy) is 1. The summed E-state index contributed by atoms with van der Waals surface area (Å²) in [6.07, 6.45) is 8.48. The normalized spacial score (nSPS) is 15.9. The highest BCUT2D eigenvalue weighted by molar-refractivity contribution is 5.85. The Morgan fingerprint density at radius 1 is 1.36 bits per heavy atom. The molecule has 3 aromatic heterocycles. The van der Waals surface area contributed by atoms with Crippen molar-refractivity contribution in [1.82, 2.24) is 19.5 Å². The molecule has 172 valence electrons. The molecule has 0 spiro atoms. The van der Waals surface area contributed by atoms with Crippen LogP contribution in [0.25, 0.3) is 16.6 Å². The van der Waals surface area contributed by atoms with Gasteiger partial charge in [-0.15, -0.1) is 0 Å². The van der Waals surface area contributed by atoms with E-state index in [2.05, 4.69) is 16.1 Å². The van der Waals surface area contributed by atoms with Gasteiger partial charge in [0.05, 0.1) is 30.1 Å². The summed E-state index contributed by atoms with van der Waals surface area (Å²) in [7, 11) is 2.05. The lowest BCUT2D eigenvalue weighted by molar-refractivity contribution is -0.130. The molecule has 8 nitrogen and oxygen atoms in total. The first kappa shape index (κ1) is 22.6. The van der Waals surface area contributed by atoms with E-state index >= 15 is 0 Å². The number of hydrogen-bond acceptors (Lipinski definition) is 6. The number of hydrogen-bond donors (Lipinski definition) is 0. The van der Waals surface area contributed by atoms with Crippen LogP contribution in [0.4, 0.5) is 5.82 Å². The van der Waals surface area contributed by atoms with Crippen molar-refractivity contribution in [3.05, 3.63) is 42.4 Å². The molecule has 4 rings (SSSR count). The molecule has 0 N–H and O–H groups in total. The molecule has 1 saturated heterocycles. The molecular formula is C25H30N6O2. The highest BCUT2D eigenvalue weighted by Crippen LogP contribution is 2.31. The van der Waals surface area contributed by atoms with Crippen LogP contribution in [0, 0.1) is 17.2 Å². The number of nitrogens with zero attached hydrogens (tertiary/aromatic N) is 6. The first-order valence-electron chi connectivity index (χ1n) is 11.5. The van der Waals surface area contributed by atoms with Gasteiger partial charge in [-0.05, 0) is 50.3 Å². The molecule has 1 fully saturated rings. The monoisotopic (exact) mass is 446 g/mol. The Labute approximate surface area is 194 Å². The highest BCUT2D eigenvalue weighted by atomic mass is 16.5. The van der Waals surface area contributed by atoms with Gasteiger partial charge in [-0.1, -0.05) is 0 Å². The Kier molecular flexibility index (Phi) is 6.78. The Balaban J connectivity index is 1.50. The minimum atomic E-state index is 0.172. The van der Waals surface area contributed by atoms with E-state index in [0.29, 0.717) is 23.8 Å². The zero-order valence-electron chi connectivity index (χ0n) is 19.5. The lowest BCUT2D eigenvalue weighted by Crippen LogP contribution is -2.39. The van der Waals surface area contributed by atoms with Crippen LogP contribution in [0.2, 0.25) is 0 Å². The number of nitriles is 1. The molecule has 1 atom stereocenters. The first-order chi connectivity index (χ1) is 16.0. The van der Waals surface area contributed by atoms with Gasteiger partial charge < -0.3 is 14.5 Å². The van der Waals surface area contributed by atoms with Crippen LogP contribution < -0.4 is 9.64 Å². The average Bonchev–Trinajstić information content (AvgIpc) is 3.25. The molecule has 0 unspecified atom stereocenters. The maximum atomic E-state index is 11.7. The number of likely N-dealkylation sites (tertiary alicyclic amines) is 1. The molecule has 1 aliphatic rings. The number of carbonyl (C=O) groups excluding carboxylic acids is 1. The summed E-state index contributed by atoms with van der Waals surface area (Å²) in [6, 6.07) is 8.19. The average molecular weight is 447 g/mol. The fourth-order valence-electron chi connectivity index (χ4n) is 4.49. The van der Waals surface area contributed by atoms with Crippen molar-refractivity contribution in [2.24, 2.45) is 5.92 Å². The smallest absolute Gasteiger partial charge is 0.219 e. The third-order valence-electron chi connectivity index (χ3n) is 6.31. The molecule has 0 bridgehead atoms. The van der Waals surface area contributed by atoms with E-state index in [1.54, 1.807) is 23.8 Å². The van der Waals surface area contributed by atoms with Crippen LogP contribution in [0.15, 0.2) is 36.8 Å². The largest absolute Gasteiger partial charge is 0.492 e. The second-order valence-electron chi connectivity index (χ2n) is 8.57. The number of carbonyl (C=O) groups is 1. The summed E-state index contributed by atoms with van der Waals surface area (Å²) < 4.78 is 7.38. The van der Waals surface area contributed by atoms with Gasteiger partial charge in [0.25, 0.3) is 0 Å². The van der Waals surface area contributed by atoms with Gasteiger partial charge in [-0.3, -0.25) is 4.79 Å². The molecule has 3 aromatic rings. The quantitative estimate of drug-likeness (QED) is 0.549. The number of piperidine rings is 1. The van der Waals surface area contributed by atoms with E-state index in [0.717, 1.165) is 54.9 Å². The SMILES string of the molecule is CCOc1cc(-c2ccc(N(C)CC[C@H]3CCCN(C(C)=O)C3)nc2)c2c(C#N)cnn2c1. The molecular weight excluding hydrogens is 416 g/mol. The molecule has 0 radical (unpaired) electrons. The summed E-state index contributed by atoms with van der Waals surface area (Å²) in [6.45, 7) is 6.76. The maximum absolute atomic E-state index is 11.7. The summed E-state index contributed by atoms with van der Waals surface area (Å²) in [4.78, 5) is 20.5. The van der Waals surface area contributed by atoms with Crippen LogP contribution in [0.5, 0.6) is 5.75 Å². The van der Waals surface area contributed by atoms with E-state index in [4.69, 9.17) is 9.72 Å². The summed E-state index contributed by atoms with van der Waals surface area (Å²) in [5.74, 6) is 2.29. The standard InChI is InChI=1S/C25H30N6O2/c1-4-33-22-12-23(25-21(13-26)15-28-31(25)17-22)20-7-8-24(27-14-20)29(3)11-9-19-6-5-10-30(16-19)18(2)32/h7-8,12,14-15,17,19H,4-6,9-11,16H2,1-3H3/t19-/m1/s1. The molecule has 1 amide bonds. The van der Waals surface area contributed by atoms with Gasteiger partial charge in [-0.2, -0.15) is 10.4 Å². The lowest BCUT2D eigenvalue weighted by Gasteiger charge is -2.33. The predicted molar refractivity (Wildman–Crippen MR) is 127 cm³/mol. The van der Waals surface area contributed by atoms with E-state index in [-0.39, 0.29) is 5.91 Å². The van der Waals surface area contributed by atoms with Gasteiger partial charge in [0, 0.05) is 50.9 Å². The van der Waals surface area contributed by atoms with Gasteiger partial charge in [0.1, 0.15) is 17.6 Å². The number of fused-ring (bicyclic) bond motifs is 1. The van der Waals surface area contributed by atoms with E-state index in [1.807, 2.05) is 43.3 Å². The first-order valence-corrected chi connectivity index (χ1v) is 11.5. The van der Waals surface area contributed by atoms with Gasteiger partial charge in [-0.25, -0.2) is 9.50 Å². The maximum Gasteiger partial charge on any atom is 0.219 e. The topological polar surface area (TPSA) is 86.8 Å². The van der Waals surface area contributed by atoms with Crippen LogP contribution >= 0.6 is 0 Å². The fraction of sp³-hybridized carbons (Fsp3) is 0.440. The zero-order valence-corrected chi connectivity index (χ0v) is 19.5. The van der Waals surface area contributed by atoms with Crippen molar-refractivity contribution in [1.29, 1.82) is 5.26 Å². The Morgan fingerprint density at radius 2 is 2.21 bits per heavy atom. The number of pyridine rings is 2. The van der Waals surface area contributed by atoms with Crippen molar-refractivity contribution in [3.8, 4) is 22.9 Å². The number of anilines is 1. The predicted octanol–water partition coefficient (Wildman–Crippen LogP) is 3.75. The lowest BCUT2D eigenvalue weighted by atomic mass is 9.94. The molecule has 33 heavy (non-hydrogen) atoms. The van der Waals surface area contributed by atoms with Crippen LogP contribution in [-0.2, 0) is 4.79 Å². The van der Waals surface area contributed by atoms with Crippen LogP contribution in [0.1, 0.15) is 38.7 Å². The van der Waals surface area contributed by atoms with Crippen molar-refractivity contribution in [3.63, 3.8) is 0 Å². The Bertz CT molecular complexity index is 1160. The van der Waals surface area contributed by atoms with Gasteiger partial charge in [0.2, 0.25) is 5.91 Å². The Morgan fingerprint density at radius 3 is 2.91 bits per heavy atom. The summed E-state index contributed by atoms with van der Waals surface area (Å²) >= 11 is 0. The molecule has 8 heteroatoms. The van der Waals surface area contributed by atoms with Crippen molar-refractivity contribution in [2.45, 2.75) is 33.1 Å². The number of aromatic nitrogens is 3. The molecule has 0 aliphatic carbocycles. The highest BCUT2D eigenvalue weighted by Gasteiger charge is 2.22. The number of rotatable bonds is 7. The van der Waals surface area contributed by atoms with Crippen molar-refractivity contribution >= 4 is 17.2 Å². The van der Waals surface area contributed by atoms with Crippen molar-refractivity contribution < 1.29 is 9.53 Å². The van der Waals surface area contributed by atoms with E-state index < -0.39 is 0 Å². The molecule has 1 aliphatic heterocycles. The summed E-state index contributed by atoms with van der Waals surface area (Å²) in [5, 5.41) is 13.8. The van der Waals surface area contributed by atoms with E-state index in [1.165, 1.54) is 6.42 Å². The summed E-state index contributed by atoms with van der Waals surface area (Å²) in [5.41, 5.74) is 3.03. The third-order valence-corrected chi connectivity index (χ3v) is 6.31. The fourth-order valence-corrected chi connectivity index (χ4v) is 4.49. The molecule has 4 heterocycles. The third kappa shape index (κ3) is 4.92. The van der Waals surface area contributed by atoms with Crippen LogP contribution in [0.3, 0.4) is 0 Å².